The van der Waals surface area contributed by atoms with Crippen molar-refractivity contribution in [3.63, 3.8) is 0 Å². The third kappa shape index (κ3) is 3.37. The molecule has 1 rings (SSSR count). The van der Waals surface area contributed by atoms with Crippen molar-refractivity contribution in [3.05, 3.63) is 6.33 Å². The van der Waals surface area contributed by atoms with Crippen LogP contribution in [0.1, 0.15) is 19.8 Å². The third-order valence-corrected chi connectivity index (χ3v) is 2.68. The Morgan fingerprint density at radius 3 is 3.14 bits per heavy atom. The summed E-state index contributed by atoms with van der Waals surface area (Å²) in [4.78, 5) is 10.6. The molecule has 0 unspecified atom stereocenters. The van der Waals surface area contributed by atoms with Gasteiger partial charge in [-0.25, -0.2) is 0 Å². The normalized spacial score (nSPS) is 10.4. The van der Waals surface area contributed by atoms with Crippen LogP contribution >= 0.6 is 11.8 Å². The van der Waals surface area contributed by atoms with Gasteiger partial charge in [-0.15, -0.1) is 10.2 Å². The fourth-order valence-corrected chi connectivity index (χ4v) is 1.65. The molecule has 78 valence electrons. The van der Waals surface area contributed by atoms with E-state index in [4.69, 9.17) is 5.73 Å². The molecule has 0 saturated heterocycles. The van der Waals surface area contributed by atoms with E-state index in [-0.39, 0.29) is 11.7 Å². The van der Waals surface area contributed by atoms with Crippen LogP contribution in [0.15, 0.2) is 11.5 Å². The first-order valence-corrected chi connectivity index (χ1v) is 5.51. The Morgan fingerprint density at radius 1 is 1.71 bits per heavy atom. The van der Waals surface area contributed by atoms with Gasteiger partial charge in [0.1, 0.15) is 6.33 Å². The number of hydrogen-bond donors (Lipinski definition) is 1. The lowest BCUT2D eigenvalue weighted by molar-refractivity contribution is -0.115. The Kier molecular flexibility index (Phi) is 4.45. The lowest BCUT2D eigenvalue weighted by atomic mass is 10.3. The maximum absolute atomic E-state index is 10.6. The van der Waals surface area contributed by atoms with Gasteiger partial charge in [-0.3, -0.25) is 4.79 Å². The lowest BCUT2D eigenvalue weighted by Crippen LogP contribution is -2.13. The highest BCUT2D eigenvalue weighted by Crippen LogP contribution is 2.14. The first-order valence-electron chi connectivity index (χ1n) is 4.53. The summed E-state index contributed by atoms with van der Waals surface area (Å²) in [5.74, 6) is -0.0785. The smallest absolute Gasteiger partial charge is 0.227 e. The Hall–Kier alpha value is -1.04. The number of hydrogen-bond acceptors (Lipinski definition) is 4. The van der Waals surface area contributed by atoms with E-state index >= 15 is 0 Å². The van der Waals surface area contributed by atoms with Gasteiger partial charge in [0.25, 0.3) is 0 Å². The number of carbonyl (C=O) groups excluding carboxylic acids is 1. The van der Waals surface area contributed by atoms with E-state index in [1.54, 1.807) is 6.33 Å². The number of nitrogens with zero attached hydrogens (tertiary/aromatic N) is 3. The summed E-state index contributed by atoms with van der Waals surface area (Å²) in [6.45, 7) is 3.02. The van der Waals surface area contributed by atoms with Crippen LogP contribution in [-0.4, -0.2) is 26.4 Å². The Bertz CT molecular complexity index is 299. The molecule has 6 heteroatoms. The Labute approximate surface area is 87.1 Å². The van der Waals surface area contributed by atoms with Crippen LogP contribution in [0.4, 0.5) is 0 Å². The monoisotopic (exact) mass is 214 g/mol. The first-order chi connectivity index (χ1) is 6.74. The van der Waals surface area contributed by atoms with Crippen molar-refractivity contribution in [2.75, 3.05) is 5.75 Å². The van der Waals surface area contributed by atoms with E-state index in [0.717, 1.165) is 24.5 Å². The summed E-state index contributed by atoms with van der Waals surface area (Å²) < 4.78 is 1.94. The molecular weight excluding hydrogens is 200 g/mol. The average Bonchev–Trinajstić information content (AvgIpc) is 2.58. The molecule has 1 aromatic heterocycles. The van der Waals surface area contributed by atoms with Crippen molar-refractivity contribution in [3.8, 4) is 0 Å². The van der Waals surface area contributed by atoms with Gasteiger partial charge in [0, 0.05) is 6.54 Å². The highest BCUT2D eigenvalue weighted by Gasteiger charge is 2.05. The van der Waals surface area contributed by atoms with Gasteiger partial charge in [-0.05, 0) is 6.42 Å². The van der Waals surface area contributed by atoms with Gasteiger partial charge in [-0.1, -0.05) is 25.1 Å². The molecule has 1 aromatic rings. The van der Waals surface area contributed by atoms with Gasteiger partial charge >= 0.3 is 0 Å². The Morgan fingerprint density at radius 2 is 2.50 bits per heavy atom. The van der Waals surface area contributed by atoms with Gasteiger partial charge in [0.2, 0.25) is 5.91 Å². The zero-order valence-electron chi connectivity index (χ0n) is 8.14. The summed E-state index contributed by atoms with van der Waals surface area (Å²) in [6.07, 6.45) is 3.89. The first kappa shape index (κ1) is 11.0. The van der Waals surface area contributed by atoms with Crippen LogP contribution in [0.2, 0.25) is 0 Å². The maximum atomic E-state index is 10.6. The van der Waals surface area contributed by atoms with Crippen LogP contribution in [0.3, 0.4) is 0 Å². The fourth-order valence-electron chi connectivity index (χ4n) is 0.974. The van der Waals surface area contributed by atoms with Crippen molar-refractivity contribution < 1.29 is 4.79 Å². The van der Waals surface area contributed by atoms with Crippen molar-refractivity contribution >= 4 is 17.7 Å². The fraction of sp³-hybridized carbons (Fsp3) is 0.625. The molecular formula is C8H14N4OS. The zero-order valence-corrected chi connectivity index (χ0v) is 8.96. The molecule has 0 radical (unpaired) electrons. The molecule has 1 heterocycles. The molecule has 2 N–H and O–H groups in total. The minimum atomic E-state index is -0.333. The van der Waals surface area contributed by atoms with Crippen molar-refractivity contribution in [2.24, 2.45) is 5.73 Å². The molecule has 0 spiro atoms. The number of amides is 1. The van der Waals surface area contributed by atoms with Crippen LogP contribution in [-0.2, 0) is 11.3 Å². The van der Waals surface area contributed by atoms with Gasteiger partial charge in [-0.2, -0.15) is 0 Å². The summed E-state index contributed by atoms with van der Waals surface area (Å²) in [6, 6.07) is 0. The summed E-state index contributed by atoms with van der Waals surface area (Å²) in [7, 11) is 0. The second-order valence-electron chi connectivity index (χ2n) is 2.92. The van der Waals surface area contributed by atoms with Crippen LogP contribution < -0.4 is 5.73 Å². The van der Waals surface area contributed by atoms with Crippen molar-refractivity contribution in [1.82, 2.24) is 14.8 Å². The number of primary amides is 1. The van der Waals surface area contributed by atoms with E-state index in [1.165, 1.54) is 11.8 Å². The summed E-state index contributed by atoms with van der Waals surface area (Å²) >= 11 is 1.33. The van der Waals surface area contributed by atoms with Crippen LogP contribution in [0.25, 0.3) is 0 Å². The SMILES string of the molecule is CCCCn1cnnc1SCC(N)=O. The average molecular weight is 214 g/mol. The van der Waals surface area contributed by atoms with E-state index in [0.29, 0.717) is 0 Å². The van der Waals surface area contributed by atoms with Crippen LogP contribution in [0.5, 0.6) is 0 Å². The number of aromatic nitrogens is 3. The molecule has 0 atom stereocenters. The number of nitrogens with two attached hydrogens (primary N) is 1. The standard InChI is InChI=1S/C8H14N4OS/c1-2-3-4-12-6-10-11-8(12)14-5-7(9)13/h6H,2-5H2,1H3,(H2,9,13). The van der Waals surface area contributed by atoms with E-state index in [1.807, 2.05) is 4.57 Å². The van der Waals surface area contributed by atoms with Gasteiger partial charge < -0.3 is 10.3 Å². The maximum Gasteiger partial charge on any atom is 0.227 e. The molecule has 1 amide bonds. The minimum absolute atomic E-state index is 0.255. The second kappa shape index (κ2) is 5.64. The lowest BCUT2D eigenvalue weighted by Gasteiger charge is -2.03. The minimum Gasteiger partial charge on any atom is -0.369 e. The largest absolute Gasteiger partial charge is 0.369 e. The predicted octanol–water partition coefficient (Wildman–Crippen LogP) is 0.656. The molecule has 14 heavy (non-hydrogen) atoms. The molecule has 0 aromatic carbocycles. The van der Waals surface area contributed by atoms with E-state index < -0.39 is 0 Å². The van der Waals surface area contributed by atoms with Crippen molar-refractivity contribution in [1.29, 1.82) is 0 Å². The second-order valence-corrected chi connectivity index (χ2v) is 3.86. The number of carbonyl (C=O) groups is 1. The number of thioether (sulfide) groups is 1. The highest BCUT2D eigenvalue weighted by atomic mass is 32.2. The molecule has 0 bridgehead atoms. The molecule has 0 aliphatic carbocycles. The molecule has 0 fully saturated rings. The van der Waals surface area contributed by atoms with E-state index in [2.05, 4.69) is 17.1 Å². The number of rotatable bonds is 6. The summed E-state index contributed by atoms with van der Waals surface area (Å²) in [5.41, 5.74) is 5.04. The topological polar surface area (TPSA) is 73.8 Å². The van der Waals surface area contributed by atoms with Gasteiger partial charge in [0.15, 0.2) is 5.16 Å². The quantitative estimate of drug-likeness (QED) is 0.706. The molecule has 0 aliphatic heterocycles. The molecule has 0 aliphatic rings. The number of unbranched alkanes of at least 4 members (excludes halogenated alkanes) is 1. The molecule has 5 nitrogen and oxygen atoms in total. The Balaban J connectivity index is 2.49. The van der Waals surface area contributed by atoms with Crippen LogP contribution in [0, 0.1) is 0 Å². The van der Waals surface area contributed by atoms with E-state index in [9.17, 15) is 4.79 Å². The third-order valence-electron chi connectivity index (χ3n) is 1.68. The zero-order chi connectivity index (χ0) is 10.4. The van der Waals surface area contributed by atoms with Gasteiger partial charge in [0.05, 0.1) is 5.75 Å². The van der Waals surface area contributed by atoms with Crippen molar-refractivity contribution in [2.45, 2.75) is 31.5 Å². The summed E-state index contributed by atoms with van der Waals surface area (Å²) in [5, 5.41) is 8.46. The predicted molar refractivity (Wildman–Crippen MR) is 54.8 cm³/mol. The highest BCUT2D eigenvalue weighted by molar-refractivity contribution is 7.99. The molecule has 0 saturated carbocycles. The number of aryl methyl sites for hydroxylation is 1.